The maximum atomic E-state index is 9.48. The van der Waals surface area contributed by atoms with Crippen LogP contribution < -0.4 is 0 Å². The molecule has 0 aliphatic rings. The Hall–Kier alpha value is 0.370. The number of thiol groups is 1. The molecule has 3 nitrogen and oxygen atoms in total. The van der Waals surface area contributed by atoms with Gasteiger partial charge < -0.3 is 0 Å². The van der Waals surface area contributed by atoms with Gasteiger partial charge in [0.2, 0.25) is 0 Å². The standard InChI is InChI=1S/C4H10.CH3O3PS/c1-3-4-2;2-5(3)4-1-6/h3-4H2,1-2H3;1H2,(H-,2,3,6)/p+1. The smallest absolute Gasteiger partial charge is 0.146 e. The maximum absolute atomic E-state index is 9.48. The lowest BCUT2D eigenvalue weighted by Gasteiger charge is -1.68. The van der Waals surface area contributed by atoms with Gasteiger partial charge in [0, 0.05) is 4.57 Å². The summed E-state index contributed by atoms with van der Waals surface area (Å²) in [5.74, 6) is -0.00823. The molecule has 0 aromatic carbocycles. The second-order valence-corrected chi connectivity index (χ2v) is 2.49. The van der Waals surface area contributed by atoms with Gasteiger partial charge in [-0.05, 0) is 0 Å². The predicted octanol–water partition coefficient (Wildman–Crippen LogP) is 2.35. The minimum Gasteiger partial charge on any atom is -0.146 e. The summed E-state index contributed by atoms with van der Waals surface area (Å²) in [5.41, 5.74) is 0. The van der Waals surface area contributed by atoms with E-state index < -0.39 is 8.25 Å². The van der Waals surface area contributed by atoms with E-state index in [1.807, 2.05) is 0 Å². The predicted molar refractivity (Wildman–Crippen MR) is 45.3 cm³/mol. The molecule has 5 heteroatoms. The molecule has 10 heavy (non-hydrogen) atoms. The highest BCUT2D eigenvalue weighted by atomic mass is 32.1. The van der Waals surface area contributed by atoms with E-state index in [1.54, 1.807) is 0 Å². The fourth-order valence-corrected chi connectivity index (χ4v) is 0.445. The minimum absolute atomic E-state index is 0.00823. The third-order valence-electron chi connectivity index (χ3n) is 0.668. The molecule has 0 aliphatic heterocycles. The van der Waals surface area contributed by atoms with Gasteiger partial charge in [-0.1, -0.05) is 26.7 Å². The Labute approximate surface area is 68.1 Å². The lowest BCUT2D eigenvalue weighted by Crippen LogP contribution is -1.68. The lowest BCUT2D eigenvalue weighted by atomic mass is 10.4. The molecule has 0 radical (unpaired) electrons. The van der Waals surface area contributed by atoms with Gasteiger partial charge in [0.25, 0.3) is 0 Å². The van der Waals surface area contributed by atoms with Gasteiger partial charge >= 0.3 is 8.25 Å². The van der Waals surface area contributed by atoms with Crippen molar-refractivity contribution in [1.29, 1.82) is 0 Å². The molecule has 62 valence electrons. The van der Waals surface area contributed by atoms with E-state index in [9.17, 15) is 4.57 Å². The molecule has 0 aliphatic carbocycles. The van der Waals surface area contributed by atoms with Crippen LogP contribution in [0, 0.1) is 0 Å². The molecule has 1 unspecified atom stereocenters. The summed E-state index contributed by atoms with van der Waals surface area (Å²) in [4.78, 5) is 7.79. The van der Waals surface area contributed by atoms with E-state index in [-0.39, 0.29) is 5.94 Å². The summed E-state index contributed by atoms with van der Waals surface area (Å²) in [6.45, 7) is 4.36. The monoisotopic (exact) mass is 185 g/mol. The summed E-state index contributed by atoms with van der Waals surface area (Å²) in [7, 11) is -2.43. The van der Waals surface area contributed by atoms with Crippen LogP contribution in [-0.4, -0.2) is 10.8 Å². The van der Waals surface area contributed by atoms with Gasteiger partial charge in [0.05, 0.1) is 0 Å². The van der Waals surface area contributed by atoms with Crippen LogP contribution in [-0.2, 0) is 9.09 Å². The average molecular weight is 185 g/mol. The van der Waals surface area contributed by atoms with Crippen LogP contribution >= 0.6 is 20.9 Å². The van der Waals surface area contributed by atoms with E-state index in [0.29, 0.717) is 0 Å². The molecule has 0 amide bonds. The van der Waals surface area contributed by atoms with E-state index in [2.05, 4.69) is 31.0 Å². The van der Waals surface area contributed by atoms with E-state index >= 15 is 0 Å². The van der Waals surface area contributed by atoms with Crippen LogP contribution in [0.5, 0.6) is 0 Å². The number of hydrogen-bond donors (Lipinski definition) is 2. The minimum atomic E-state index is -2.43. The van der Waals surface area contributed by atoms with Crippen LogP contribution in [0.2, 0.25) is 0 Å². The zero-order chi connectivity index (χ0) is 8.41. The first-order valence-corrected chi connectivity index (χ1v) is 4.85. The molecule has 1 N–H and O–H groups in total. The third kappa shape index (κ3) is 23.8. The molecule has 0 spiro atoms. The summed E-state index contributed by atoms with van der Waals surface area (Å²) in [6, 6.07) is 0. The average Bonchev–Trinajstić information content (AvgIpc) is 1.89. The van der Waals surface area contributed by atoms with Crippen molar-refractivity contribution in [1.82, 2.24) is 0 Å². The van der Waals surface area contributed by atoms with Gasteiger partial charge in [0.1, 0.15) is 5.94 Å². The molecular weight excluding hydrogens is 171 g/mol. The van der Waals surface area contributed by atoms with E-state index in [0.717, 1.165) is 0 Å². The molecule has 0 rings (SSSR count). The van der Waals surface area contributed by atoms with Crippen LogP contribution in [0.4, 0.5) is 0 Å². The van der Waals surface area contributed by atoms with Crippen molar-refractivity contribution in [3.63, 3.8) is 0 Å². The highest BCUT2D eigenvalue weighted by Gasteiger charge is 2.07. The Bertz CT molecular complexity index is 77.3. The lowest BCUT2D eigenvalue weighted by molar-refractivity contribution is 0.332. The van der Waals surface area contributed by atoms with Gasteiger partial charge in [-0.15, -0.1) is 22.0 Å². The Morgan fingerprint density at radius 3 is 1.90 bits per heavy atom. The quantitative estimate of drug-likeness (QED) is 0.403. The van der Waals surface area contributed by atoms with Crippen molar-refractivity contribution in [2.75, 3.05) is 5.94 Å². The van der Waals surface area contributed by atoms with E-state index in [4.69, 9.17) is 4.89 Å². The first-order chi connectivity index (χ1) is 4.68. The summed E-state index contributed by atoms with van der Waals surface area (Å²) in [6.07, 6.45) is 2.64. The number of unbranched alkanes of at least 4 members (excludes halogenated alkanes) is 1. The molecule has 0 fully saturated rings. The zero-order valence-electron chi connectivity index (χ0n) is 6.28. The molecule has 0 bridgehead atoms. The molecule has 0 aromatic rings. The zero-order valence-corrected chi connectivity index (χ0v) is 8.07. The van der Waals surface area contributed by atoms with Gasteiger partial charge in [-0.2, -0.15) is 0 Å². The van der Waals surface area contributed by atoms with Gasteiger partial charge in [-0.3, -0.25) is 0 Å². The molecule has 0 saturated carbocycles. The van der Waals surface area contributed by atoms with Crippen LogP contribution in [0.3, 0.4) is 0 Å². The fraction of sp³-hybridized carbons (Fsp3) is 1.00. The van der Waals surface area contributed by atoms with Crippen LogP contribution in [0.1, 0.15) is 26.7 Å². The topological polar surface area (TPSA) is 46.5 Å². The summed E-state index contributed by atoms with van der Waals surface area (Å²) < 4.78 is 13.4. The Balaban J connectivity index is 0. The van der Waals surface area contributed by atoms with Crippen molar-refractivity contribution in [2.24, 2.45) is 0 Å². The Morgan fingerprint density at radius 1 is 1.50 bits per heavy atom. The van der Waals surface area contributed by atoms with Crippen molar-refractivity contribution in [2.45, 2.75) is 26.7 Å². The number of rotatable bonds is 3. The SMILES string of the molecule is CCCC.O=[P+](O)OCS. The molecule has 0 saturated heterocycles. The van der Waals surface area contributed by atoms with Gasteiger partial charge in [-0.25, -0.2) is 0 Å². The first-order valence-electron chi connectivity index (χ1n) is 3.08. The summed E-state index contributed by atoms with van der Waals surface area (Å²) in [5, 5.41) is 0. The van der Waals surface area contributed by atoms with Crippen molar-refractivity contribution in [3.8, 4) is 0 Å². The van der Waals surface area contributed by atoms with Gasteiger partial charge in [0.15, 0.2) is 0 Å². The largest absolute Gasteiger partial charge is 0.695 e. The molecular formula is C5H14O3PS+. The first kappa shape index (κ1) is 13.0. The highest BCUT2D eigenvalue weighted by Crippen LogP contribution is 2.13. The second kappa shape index (κ2) is 12.1. The van der Waals surface area contributed by atoms with Crippen LogP contribution in [0.25, 0.3) is 0 Å². The second-order valence-electron chi connectivity index (χ2n) is 1.50. The van der Waals surface area contributed by atoms with Crippen molar-refractivity contribution in [3.05, 3.63) is 0 Å². The van der Waals surface area contributed by atoms with E-state index in [1.165, 1.54) is 12.8 Å². The highest BCUT2D eigenvalue weighted by molar-refractivity contribution is 7.80. The van der Waals surface area contributed by atoms with Crippen molar-refractivity contribution < 1.29 is 14.0 Å². The number of hydrogen-bond acceptors (Lipinski definition) is 3. The molecule has 0 heterocycles. The maximum Gasteiger partial charge on any atom is 0.695 e. The third-order valence-corrected chi connectivity index (χ3v) is 1.35. The molecule has 1 atom stereocenters. The fourth-order valence-electron chi connectivity index (χ4n) is 0.0494. The van der Waals surface area contributed by atoms with Crippen LogP contribution in [0.15, 0.2) is 0 Å². The normalized spacial score (nSPS) is 9.80. The Kier molecular flexibility index (Phi) is 15.7. The summed E-state index contributed by atoms with van der Waals surface area (Å²) >= 11 is 3.49. The molecule has 0 aromatic heterocycles. The Morgan fingerprint density at radius 2 is 1.90 bits per heavy atom. The van der Waals surface area contributed by atoms with Crippen molar-refractivity contribution >= 4 is 20.9 Å².